The number of rotatable bonds is 15. The molecule has 36 heavy (non-hydrogen) atoms. The summed E-state index contributed by atoms with van der Waals surface area (Å²) in [6, 6.07) is 4.83. The molecule has 0 unspecified atom stereocenters. The predicted molar refractivity (Wildman–Crippen MR) is 134 cm³/mol. The van der Waals surface area contributed by atoms with E-state index in [-0.39, 0.29) is 36.3 Å². The Labute approximate surface area is 213 Å². The minimum Gasteiger partial charge on any atom is -0.452 e. The van der Waals surface area contributed by atoms with Gasteiger partial charge in [0.2, 0.25) is 5.91 Å². The summed E-state index contributed by atoms with van der Waals surface area (Å²) in [5.41, 5.74) is 8.49. The number of ketones is 1. The molecule has 1 N–H and O–H groups in total. The Bertz CT molecular complexity index is 1020. The Kier molecular flexibility index (Phi) is 10.8. The van der Waals surface area contributed by atoms with Gasteiger partial charge in [0.25, 0.3) is 11.5 Å². The maximum Gasteiger partial charge on any atom is 0.441 e. The second-order valence-electron chi connectivity index (χ2n) is 9.07. The van der Waals surface area contributed by atoms with Crippen molar-refractivity contribution in [3.63, 3.8) is 0 Å². The quantitative estimate of drug-likeness (QED) is 0.0328. The molecule has 1 fully saturated rings. The highest BCUT2D eigenvalue weighted by molar-refractivity contribution is 6.62. The van der Waals surface area contributed by atoms with E-state index in [4.69, 9.17) is 13.6 Å². The van der Waals surface area contributed by atoms with Crippen LogP contribution in [0, 0.1) is 21.4 Å². The van der Waals surface area contributed by atoms with E-state index in [1.807, 2.05) is 26.9 Å². The molecule has 1 saturated heterocycles. The van der Waals surface area contributed by atoms with Gasteiger partial charge in [-0.05, 0) is 30.5 Å². The number of benzene rings is 1. The largest absolute Gasteiger partial charge is 0.452 e. The van der Waals surface area contributed by atoms with E-state index >= 15 is 0 Å². The van der Waals surface area contributed by atoms with Gasteiger partial charge in [0.15, 0.2) is 19.5 Å². The number of ether oxygens (including phenoxy) is 1. The topological polar surface area (TPSA) is 170 Å². The zero-order valence-corrected chi connectivity index (χ0v) is 23.7. The number of carbonyl (C=O) groups excluding carboxylic acids is 3. The van der Waals surface area contributed by atoms with Crippen LogP contribution in [0.1, 0.15) is 38.7 Å². The predicted octanol–water partition coefficient (Wildman–Crippen LogP) is 0.812. The maximum absolute atomic E-state index is 12.6. The lowest BCUT2D eigenvalue weighted by Gasteiger charge is -2.40. The van der Waals surface area contributed by atoms with E-state index in [1.54, 1.807) is 0 Å². The van der Waals surface area contributed by atoms with Crippen LogP contribution < -0.4 is 5.32 Å². The molecule has 2 rings (SSSR count). The van der Waals surface area contributed by atoms with Gasteiger partial charge in [-0.1, -0.05) is 26.9 Å². The van der Waals surface area contributed by atoms with Crippen LogP contribution in [0.15, 0.2) is 24.3 Å². The highest BCUT2D eigenvalue weighted by Gasteiger charge is 2.44. The van der Waals surface area contributed by atoms with Crippen LogP contribution in [0.4, 0.5) is 5.69 Å². The molecule has 0 radical (unpaired) electrons. The summed E-state index contributed by atoms with van der Waals surface area (Å²) in [4.78, 5) is 50.1. The average Bonchev–Trinajstić information content (AvgIpc) is 2.82. The third-order valence-electron chi connectivity index (χ3n) is 6.00. The number of nitrogens with zero attached hydrogens (tertiary/aromatic N) is 3. The van der Waals surface area contributed by atoms with Crippen molar-refractivity contribution < 1.29 is 37.7 Å². The molecule has 196 valence electrons. The number of Topliss-reactive ketones (excluding diaryl/α,β-unsaturated/α-hetero) is 1. The highest BCUT2D eigenvalue weighted by Crippen LogP contribution is 2.34. The molecule has 0 aromatic heterocycles. The van der Waals surface area contributed by atoms with E-state index in [0.717, 1.165) is 0 Å². The number of esters is 1. The number of nitro groups is 1. The van der Waals surface area contributed by atoms with Crippen molar-refractivity contribution in [1.29, 1.82) is 0 Å². The van der Waals surface area contributed by atoms with Crippen LogP contribution in [0.25, 0.3) is 5.53 Å². The molecule has 14 heteroatoms. The van der Waals surface area contributed by atoms with Crippen LogP contribution >= 0.6 is 0 Å². The van der Waals surface area contributed by atoms with Crippen molar-refractivity contribution in [2.45, 2.75) is 65.1 Å². The first-order valence-corrected chi connectivity index (χ1v) is 15.7. The molecule has 12 nitrogen and oxygen atoms in total. The number of nitrogens with one attached hydrogen (secondary N) is 1. The van der Waals surface area contributed by atoms with Crippen molar-refractivity contribution in [2.75, 3.05) is 0 Å². The average molecular weight is 537 g/mol. The van der Waals surface area contributed by atoms with Crippen molar-refractivity contribution in [2.24, 2.45) is 11.3 Å². The SMILES string of the molecule is C[SiH2]OC(O[SiH2]C)C(C)(C)CC[C@@H]1C(=O)N[C@@H]1CC(=O)C(=[N+]=[N-])C(=O)OCc1ccc([N+](=O)[O-])cc1. The van der Waals surface area contributed by atoms with Gasteiger partial charge in [0.1, 0.15) is 12.9 Å². The van der Waals surface area contributed by atoms with Gasteiger partial charge in [-0.15, -0.1) is 0 Å². The third kappa shape index (κ3) is 7.73. The Morgan fingerprint density at radius 2 is 1.83 bits per heavy atom. The van der Waals surface area contributed by atoms with E-state index in [1.165, 1.54) is 24.3 Å². The summed E-state index contributed by atoms with van der Waals surface area (Å²) in [7, 11) is -1.36. The fourth-order valence-electron chi connectivity index (χ4n) is 3.89. The lowest BCUT2D eigenvalue weighted by Crippen LogP contribution is -2.59. The molecule has 1 heterocycles. The van der Waals surface area contributed by atoms with Crippen molar-refractivity contribution in [1.82, 2.24) is 5.32 Å². The summed E-state index contributed by atoms with van der Waals surface area (Å²) >= 11 is 0. The number of β-lactam (4-membered cyclic amide) rings is 1. The van der Waals surface area contributed by atoms with Gasteiger partial charge in [0.05, 0.1) is 10.8 Å². The van der Waals surface area contributed by atoms with E-state index in [0.29, 0.717) is 18.4 Å². The number of nitro benzene ring substituents is 1. The van der Waals surface area contributed by atoms with Crippen LogP contribution in [-0.4, -0.2) is 64.9 Å². The van der Waals surface area contributed by atoms with Gasteiger partial charge in [0, 0.05) is 30.0 Å². The molecule has 1 aliphatic heterocycles. The molecule has 1 aliphatic rings. The molecule has 0 saturated carbocycles. The van der Waals surface area contributed by atoms with Gasteiger partial charge < -0.3 is 24.4 Å². The minimum atomic E-state index is -1.13. The second-order valence-corrected chi connectivity index (χ2v) is 10.9. The molecule has 0 bridgehead atoms. The van der Waals surface area contributed by atoms with Gasteiger partial charge in [-0.25, -0.2) is 4.79 Å². The zero-order chi connectivity index (χ0) is 26.9. The first-order chi connectivity index (χ1) is 17.0. The van der Waals surface area contributed by atoms with Crippen LogP contribution in [0.2, 0.25) is 13.1 Å². The molecule has 1 aromatic rings. The number of non-ortho nitro benzene ring substituents is 1. The maximum atomic E-state index is 12.6. The third-order valence-corrected chi connectivity index (χ3v) is 7.28. The Morgan fingerprint density at radius 3 is 2.33 bits per heavy atom. The van der Waals surface area contributed by atoms with Crippen LogP contribution in [-0.2, 0) is 34.6 Å². The standard InChI is InChI=1S/C22H32N4O8Si2/c1-22(2,21(33-35-3)34-36-4)10-9-15-16(24-19(15)28)11-17(27)18(25-23)20(29)32-12-13-5-7-14(8-6-13)26(30)31/h5-8,15-16,21H,9-12,35-36H2,1-4H3,(H,24,28)/t15-,16+/m0/s1. The normalized spacial score (nSPS) is 18.5. The summed E-state index contributed by atoms with van der Waals surface area (Å²) in [5.74, 6) is -2.50. The zero-order valence-electron chi connectivity index (χ0n) is 20.9. The first-order valence-electron chi connectivity index (χ1n) is 11.7. The molecule has 1 amide bonds. The number of carbonyl (C=O) groups is 3. The Morgan fingerprint density at radius 1 is 1.22 bits per heavy atom. The summed E-state index contributed by atoms with van der Waals surface area (Å²) in [5, 5.41) is 13.4. The van der Waals surface area contributed by atoms with Crippen molar-refractivity contribution in [3.8, 4) is 0 Å². The van der Waals surface area contributed by atoms with E-state index < -0.39 is 53.9 Å². The van der Waals surface area contributed by atoms with Crippen molar-refractivity contribution in [3.05, 3.63) is 45.5 Å². The van der Waals surface area contributed by atoms with E-state index in [9.17, 15) is 30.0 Å². The molecule has 2 atom stereocenters. The molecular weight excluding hydrogens is 504 g/mol. The Hall–Kier alpha value is -3.04. The Balaban J connectivity index is 1.92. The van der Waals surface area contributed by atoms with Crippen LogP contribution in [0.3, 0.4) is 0 Å². The van der Waals surface area contributed by atoms with Gasteiger partial charge in [-0.3, -0.25) is 19.7 Å². The van der Waals surface area contributed by atoms with Crippen molar-refractivity contribution >= 4 is 48.6 Å². The smallest absolute Gasteiger partial charge is 0.441 e. The second kappa shape index (κ2) is 13.3. The fourth-order valence-corrected chi connectivity index (χ4v) is 5.78. The van der Waals surface area contributed by atoms with Gasteiger partial charge >= 0.3 is 11.7 Å². The number of hydrogen-bond donors (Lipinski definition) is 1. The van der Waals surface area contributed by atoms with Gasteiger partial charge in [-0.2, -0.15) is 4.79 Å². The number of hydrogen-bond acceptors (Lipinski definition) is 8. The van der Waals surface area contributed by atoms with E-state index in [2.05, 4.69) is 10.1 Å². The molecule has 0 aliphatic carbocycles. The summed E-state index contributed by atoms with van der Waals surface area (Å²) < 4.78 is 16.7. The monoisotopic (exact) mass is 536 g/mol. The molecule has 0 spiro atoms. The fraction of sp³-hybridized carbons (Fsp3) is 0.545. The first kappa shape index (κ1) is 29.2. The lowest BCUT2D eigenvalue weighted by atomic mass is 9.77. The molecule has 1 aromatic carbocycles. The summed E-state index contributed by atoms with van der Waals surface area (Å²) in [6.45, 7) is 7.84. The lowest BCUT2D eigenvalue weighted by molar-refractivity contribution is -0.384. The highest BCUT2D eigenvalue weighted by atomic mass is 28.2. The molecular formula is C22H32N4O8Si2. The van der Waals surface area contributed by atoms with Crippen LogP contribution in [0.5, 0.6) is 0 Å². The minimum absolute atomic E-state index is 0.117. The number of amides is 1. The summed E-state index contributed by atoms with van der Waals surface area (Å²) in [6.07, 6.45) is 0.615.